The number of hydrogen-bond donors (Lipinski definition) is 1. The summed E-state index contributed by atoms with van der Waals surface area (Å²) in [6.45, 7) is 6.46. The Labute approximate surface area is 143 Å². The number of rotatable bonds is 5. The summed E-state index contributed by atoms with van der Waals surface area (Å²) in [5.41, 5.74) is 0. The van der Waals surface area contributed by atoms with E-state index in [-0.39, 0.29) is 6.04 Å². The molecule has 0 radical (unpaired) electrons. The number of methoxy groups -OCH3 is 1. The van der Waals surface area contributed by atoms with Crippen molar-refractivity contribution in [3.05, 3.63) is 11.6 Å². The fraction of sp³-hybridized carbons (Fsp3) is 0.867. The molecule has 1 aromatic rings. The molecule has 2 aliphatic rings. The highest BCUT2D eigenvalue weighted by Gasteiger charge is 2.34. The molecule has 0 aliphatic carbocycles. The summed E-state index contributed by atoms with van der Waals surface area (Å²) in [5.74, 6) is 2.05. The number of aromatic nitrogens is 3. The van der Waals surface area contributed by atoms with Gasteiger partial charge in [0.25, 0.3) is 10.2 Å². The van der Waals surface area contributed by atoms with Crippen LogP contribution in [0.4, 0.5) is 0 Å². The smallest absolute Gasteiger partial charge is 0.280 e. The Kier molecular flexibility index (Phi) is 5.24. The molecule has 1 aromatic heterocycles. The van der Waals surface area contributed by atoms with E-state index in [0.717, 1.165) is 25.8 Å². The molecule has 3 rings (SSSR count). The maximum absolute atomic E-state index is 12.8. The summed E-state index contributed by atoms with van der Waals surface area (Å²) in [5, 5.41) is 4.39. The normalized spacial score (nSPS) is 28.7. The molecule has 8 nitrogen and oxygen atoms in total. The maximum atomic E-state index is 12.8. The summed E-state index contributed by atoms with van der Waals surface area (Å²) in [4.78, 5) is 4.46. The molecule has 2 aliphatic heterocycles. The Morgan fingerprint density at radius 3 is 2.67 bits per heavy atom. The van der Waals surface area contributed by atoms with Gasteiger partial charge in [0, 0.05) is 26.7 Å². The summed E-state index contributed by atoms with van der Waals surface area (Å²) in [7, 11) is -1.93. The first-order valence-corrected chi connectivity index (χ1v) is 10.0. The first-order valence-electron chi connectivity index (χ1n) is 8.59. The second kappa shape index (κ2) is 7.07. The molecule has 0 amide bonds. The van der Waals surface area contributed by atoms with Gasteiger partial charge >= 0.3 is 0 Å². The zero-order chi connectivity index (χ0) is 17.3. The Morgan fingerprint density at radius 1 is 1.29 bits per heavy atom. The minimum absolute atomic E-state index is 0.325. The predicted octanol–water partition coefficient (Wildman–Crippen LogP) is 1.07. The summed E-state index contributed by atoms with van der Waals surface area (Å²) in [6, 6.07) is -0.325. The van der Waals surface area contributed by atoms with E-state index in [4.69, 9.17) is 4.74 Å². The van der Waals surface area contributed by atoms with Crippen molar-refractivity contribution in [2.45, 2.75) is 52.3 Å². The van der Waals surface area contributed by atoms with Crippen molar-refractivity contribution in [3.8, 4) is 0 Å². The quantitative estimate of drug-likeness (QED) is 0.851. The maximum Gasteiger partial charge on any atom is 0.280 e. The molecule has 1 saturated heterocycles. The molecule has 0 bridgehead atoms. The van der Waals surface area contributed by atoms with Gasteiger partial charge in [-0.05, 0) is 31.1 Å². The van der Waals surface area contributed by atoms with Gasteiger partial charge in [0.1, 0.15) is 12.4 Å². The molecule has 0 spiro atoms. The molecule has 0 saturated carbocycles. The van der Waals surface area contributed by atoms with Gasteiger partial charge in [0.05, 0.1) is 6.04 Å². The summed E-state index contributed by atoms with van der Waals surface area (Å²) in [6.07, 6.45) is 2.69. The summed E-state index contributed by atoms with van der Waals surface area (Å²) >= 11 is 0. The number of nitrogens with zero attached hydrogens (tertiary/aromatic N) is 4. The average Bonchev–Trinajstić information content (AvgIpc) is 2.90. The topological polar surface area (TPSA) is 89.3 Å². The van der Waals surface area contributed by atoms with Gasteiger partial charge in [0.2, 0.25) is 0 Å². The molecule has 1 N–H and O–H groups in total. The lowest BCUT2D eigenvalue weighted by molar-refractivity contribution is 0.177. The van der Waals surface area contributed by atoms with Crippen LogP contribution in [0.5, 0.6) is 0 Å². The third-order valence-corrected chi connectivity index (χ3v) is 6.22. The van der Waals surface area contributed by atoms with Gasteiger partial charge in [-0.25, -0.2) is 9.67 Å². The number of hydrogen-bond acceptors (Lipinski definition) is 5. The van der Waals surface area contributed by atoms with Crippen LogP contribution < -0.4 is 4.72 Å². The Hall–Kier alpha value is -1.03. The number of piperidine rings is 1. The van der Waals surface area contributed by atoms with Gasteiger partial charge in [-0.3, -0.25) is 0 Å². The monoisotopic (exact) mass is 357 g/mol. The predicted molar refractivity (Wildman–Crippen MR) is 89.3 cm³/mol. The number of nitrogens with one attached hydrogen (secondary N) is 1. The number of ether oxygens (including phenoxy) is 1. The first-order chi connectivity index (χ1) is 11.4. The van der Waals surface area contributed by atoms with Crippen molar-refractivity contribution in [1.82, 2.24) is 23.8 Å². The van der Waals surface area contributed by atoms with Crippen LogP contribution >= 0.6 is 0 Å². The molecule has 3 atom stereocenters. The highest BCUT2D eigenvalue weighted by molar-refractivity contribution is 7.87. The van der Waals surface area contributed by atoms with E-state index in [0.29, 0.717) is 43.2 Å². The van der Waals surface area contributed by atoms with E-state index in [2.05, 4.69) is 28.7 Å². The molecule has 0 aromatic carbocycles. The Morgan fingerprint density at radius 2 is 2.00 bits per heavy atom. The molecule has 1 fully saturated rings. The van der Waals surface area contributed by atoms with Gasteiger partial charge in [0.15, 0.2) is 5.82 Å². The van der Waals surface area contributed by atoms with Gasteiger partial charge < -0.3 is 4.74 Å². The van der Waals surface area contributed by atoms with Gasteiger partial charge in [-0.15, -0.1) is 0 Å². The van der Waals surface area contributed by atoms with Crippen molar-refractivity contribution in [2.75, 3.05) is 20.2 Å². The van der Waals surface area contributed by atoms with Crippen LogP contribution in [0.25, 0.3) is 0 Å². The minimum atomic E-state index is -3.52. The van der Waals surface area contributed by atoms with Crippen molar-refractivity contribution >= 4 is 10.2 Å². The molecular formula is C15H27N5O3S. The lowest BCUT2D eigenvalue weighted by Crippen LogP contribution is -2.49. The van der Waals surface area contributed by atoms with Crippen molar-refractivity contribution in [2.24, 2.45) is 11.8 Å². The van der Waals surface area contributed by atoms with Crippen LogP contribution in [-0.2, 0) is 28.1 Å². The van der Waals surface area contributed by atoms with E-state index in [1.54, 1.807) is 16.1 Å². The van der Waals surface area contributed by atoms with Crippen molar-refractivity contribution in [1.29, 1.82) is 0 Å². The Balaban J connectivity index is 1.76. The van der Waals surface area contributed by atoms with Crippen LogP contribution in [0.15, 0.2) is 0 Å². The van der Waals surface area contributed by atoms with Gasteiger partial charge in [-0.2, -0.15) is 22.5 Å². The lowest BCUT2D eigenvalue weighted by atomic mass is 9.94. The SMILES string of the molecule is COCc1nc2n(n1)CCC[C@@H]2NS(=O)(=O)N1C[C@H](C)C[C@@H](C)C1. The highest BCUT2D eigenvalue weighted by atomic mass is 32.2. The van der Waals surface area contributed by atoms with E-state index in [1.165, 1.54) is 0 Å². The Bertz CT molecular complexity index is 665. The van der Waals surface area contributed by atoms with E-state index >= 15 is 0 Å². The third-order valence-electron chi connectivity index (χ3n) is 4.66. The van der Waals surface area contributed by atoms with Crippen LogP contribution in [0, 0.1) is 11.8 Å². The zero-order valence-electron chi connectivity index (χ0n) is 14.6. The highest BCUT2D eigenvalue weighted by Crippen LogP contribution is 2.27. The molecule has 3 heterocycles. The molecule has 136 valence electrons. The van der Waals surface area contributed by atoms with E-state index in [1.807, 2.05) is 0 Å². The fourth-order valence-electron chi connectivity index (χ4n) is 3.76. The first kappa shape index (κ1) is 17.8. The van der Waals surface area contributed by atoms with Crippen LogP contribution in [0.3, 0.4) is 0 Å². The van der Waals surface area contributed by atoms with Crippen LogP contribution in [-0.4, -0.2) is 47.7 Å². The fourth-order valence-corrected chi connectivity index (χ4v) is 5.39. The minimum Gasteiger partial charge on any atom is -0.377 e. The van der Waals surface area contributed by atoms with Gasteiger partial charge in [-0.1, -0.05) is 13.8 Å². The largest absolute Gasteiger partial charge is 0.377 e. The number of fused-ring (bicyclic) bond motifs is 1. The number of aryl methyl sites for hydroxylation is 1. The van der Waals surface area contributed by atoms with Crippen molar-refractivity contribution < 1.29 is 13.2 Å². The zero-order valence-corrected chi connectivity index (χ0v) is 15.4. The molecule has 9 heteroatoms. The molecule has 24 heavy (non-hydrogen) atoms. The third kappa shape index (κ3) is 3.79. The van der Waals surface area contributed by atoms with E-state index < -0.39 is 10.2 Å². The second-order valence-corrected chi connectivity index (χ2v) is 8.83. The van der Waals surface area contributed by atoms with Crippen LogP contribution in [0.2, 0.25) is 0 Å². The molecular weight excluding hydrogens is 330 g/mol. The average molecular weight is 357 g/mol. The lowest BCUT2D eigenvalue weighted by Gasteiger charge is -2.35. The molecule has 0 unspecified atom stereocenters. The van der Waals surface area contributed by atoms with E-state index in [9.17, 15) is 8.42 Å². The standard InChI is InChI=1S/C15H27N5O3S/c1-11-7-12(2)9-19(8-11)24(21,22)18-13-5-4-6-20-15(13)16-14(17-20)10-23-3/h11-13,18H,4-10H2,1-3H3/t11-,12-,13+/m1/s1. The van der Waals surface area contributed by atoms with Crippen LogP contribution in [0.1, 0.15) is 50.8 Å². The van der Waals surface area contributed by atoms with Crippen molar-refractivity contribution in [3.63, 3.8) is 0 Å². The summed E-state index contributed by atoms with van der Waals surface area (Å²) < 4.78 is 36.9. The second-order valence-electron chi connectivity index (χ2n) is 7.12.